The third-order valence-electron chi connectivity index (χ3n) is 4.28. The molecule has 114 valence electrons. The van der Waals surface area contributed by atoms with Crippen LogP contribution in [0.15, 0.2) is 48.5 Å². The van der Waals surface area contributed by atoms with Gasteiger partial charge in [0.25, 0.3) is 0 Å². The Morgan fingerprint density at radius 2 is 1.91 bits per heavy atom. The second-order valence-electron chi connectivity index (χ2n) is 5.75. The van der Waals surface area contributed by atoms with Gasteiger partial charge < -0.3 is 15.1 Å². The van der Waals surface area contributed by atoms with Gasteiger partial charge in [0.05, 0.1) is 0 Å². The second kappa shape index (κ2) is 6.10. The first kappa shape index (κ1) is 14.4. The van der Waals surface area contributed by atoms with Crippen LogP contribution in [0.4, 0.5) is 4.79 Å². The van der Waals surface area contributed by atoms with E-state index in [1.807, 2.05) is 24.3 Å². The minimum Gasteiger partial charge on any atom is -0.508 e. The van der Waals surface area contributed by atoms with Gasteiger partial charge in [-0.05, 0) is 48.1 Å². The smallest absolute Gasteiger partial charge is 0.407 e. The highest BCUT2D eigenvalue weighted by Gasteiger charge is 2.29. The number of benzene rings is 2. The molecule has 3 rings (SSSR count). The van der Waals surface area contributed by atoms with Gasteiger partial charge in [0.1, 0.15) is 5.75 Å². The summed E-state index contributed by atoms with van der Waals surface area (Å²) in [6, 6.07) is 15.2. The molecule has 1 atom stereocenters. The van der Waals surface area contributed by atoms with Gasteiger partial charge >= 0.3 is 6.09 Å². The zero-order valence-corrected chi connectivity index (χ0v) is 12.3. The maximum absolute atomic E-state index is 11.5. The summed E-state index contributed by atoms with van der Waals surface area (Å²) in [5.41, 5.74) is 3.25. The lowest BCUT2D eigenvalue weighted by Gasteiger charge is -2.35. The van der Waals surface area contributed by atoms with Crippen LogP contribution in [0.5, 0.6) is 5.75 Å². The fourth-order valence-electron chi connectivity index (χ4n) is 3.09. The normalized spacial score (nSPS) is 17.1. The number of amides is 1. The summed E-state index contributed by atoms with van der Waals surface area (Å²) in [6.45, 7) is 0.393. The molecule has 22 heavy (non-hydrogen) atoms. The van der Waals surface area contributed by atoms with E-state index in [-0.39, 0.29) is 11.8 Å². The van der Waals surface area contributed by atoms with Crippen molar-refractivity contribution < 1.29 is 15.0 Å². The van der Waals surface area contributed by atoms with Crippen molar-refractivity contribution in [2.75, 3.05) is 0 Å². The summed E-state index contributed by atoms with van der Waals surface area (Å²) in [5.74, 6) is 0.240. The average Bonchev–Trinajstić information content (AvgIpc) is 2.52. The Hall–Kier alpha value is -2.49. The van der Waals surface area contributed by atoms with Crippen LogP contribution in [0, 0.1) is 0 Å². The van der Waals surface area contributed by atoms with E-state index in [1.54, 1.807) is 12.1 Å². The first-order chi connectivity index (χ1) is 10.6. The first-order valence-corrected chi connectivity index (χ1v) is 7.48. The quantitative estimate of drug-likeness (QED) is 0.912. The van der Waals surface area contributed by atoms with Crippen LogP contribution >= 0.6 is 0 Å². The van der Waals surface area contributed by atoms with Crippen LogP contribution in [0.3, 0.4) is 0 Å². The van der Waals surface area contributed by atoms with Gasteiger partial charge in [-0.25, -0.2) is 4.79 Å². The number of carboxylic acid groups (broad SMARTS) is 1. The average molecular weight is 297 g/mol. The standard InChI is InChI=1S/C18H19NO3/c20-17-9-7-14-12-19(18(21)22)16(10-15(14)11-17)8-6-13-4-2-1-3-5-13/h1-5,7,9,11,16,20H,6,8,10,12H2,(H,21,22). The van der Waals surface area contributed by atoms with Crippen molar-refractivity contribution in [2.24, 2.45) is 0 Å². The topological polar surface area (TPSA) is 60.8 Å². The first-order valence-electron chi connectivity index (χ1n) is 7.48. The Bertz CT molecular complexity index is 669. The van der Waals surface area contributed by atoms with Gasteiger partial charge in [-0.1, -0.05) is 36.4 Å². The molecular formula is C18H19NO3. The molecule has 4 nitrogen and oxygen atoms in total. The number of aryl methyl sites for hydroxylation is 1. The largest absolute Gasteiger partial charge is 0.508 e. The molecule has 1 amide bonds. The van der Waals surface area contributed by atoms with Crippen molar-refractivity contribution in [3.05, 3.63) is 65.2 Å². The Kier molecular flexibility index (Phi) is 4.00. The molecule has 4 heteroatoms. The number of hydrogen-bond acceptors (Lipinski definition) is 2. The second-order valence-corrected chi connectivity index (χ2v) is 5.75. The number of phenols is 1. The van der Waals surface area contributed by atoms with Gasteiger partial charge in [-0.2, -0.15) is 0 Å². The number of aromatic hydroxyl groups is 1. The number of fused-ring (bicyclic) bond motifs is 1. The molecular weight excluding hydrogens is 278 g/mol. The third-order valence-corrected chi connectivity index (χ3v) is 4.28. The van der Waals surface area contributed by atoms with Crippen LogP contribution < -0.4 is 0 Å². The molecule has 1 unspecified atom stereocenters. The zero-order chi connectivity index (χ0) is 15.5. The fraction of sp³-hybridized carbons (Fsp3) is 0.278. The van der Waals surface area contributed by atoms with E-state index in [1.165, 1.54) is 10.5 Å². The van der Waals surface area contributed by atoms with E-state index in [0.29, 0.717) is 13.0 Å². The monoisotopic (exact) mass is 297 g/mol. The summed E-state index contributed by atoms with van der Waals surface area (Å²) in [6.07, 6.45) is 1.41. The summed E-state index contributed by atoms with van der Waals surface area (Å²) >= 11 is 0. The third kappa shape index (κ3) is 3.06. The number of hydrogen-bond donors (Lipinski definition) is 2. The number of nitrogens with zero attached hydrogens (tertiary/aromatic N) is 1. The van der Waals surface area contributed by atoms with E-state index in [9.17, 15) is 15.0 Å². The molecule has 2 aromatic rings. The lowest BCUT2D eigenvalue weighted by atomic mass is 9.90. The van der Waals surface area contributed by atoms with E-state index in [0.717, 1.165) is 24.0 Å². The Labute approximate surface area is 129 Å². The molecule has 0 fully saturated rings. The molecule has 0 spiro atoms. The highest BCUT2D eigenvalue weighted by Crippen LogP contribution is 2.28. The van der Waals surface area contributed by atoms with Gasteiger partial charge in [0.2, 0.25) is 0 Å². The molecule has 2 aromatic carbocycles. The summed E-state index contributed by atoms with van der Waals surface area (Å²) in [7, 11) is 0. The maximum atomic E-state index is 11.5. The predicted octanol–water partition coefficient (Wildman–Crippen LogP) is 3.43. The molecule has 1 heterocycles. The van der Waals surface area contributed by atoms with E-state index < -0.39 is 6.09 Å². The molecule has 0 radical (unpaired) electrons. The van der Waals surface area contributed by atoms with Crippen molar-refractivity contribution in [3.63, 3.8) is 0 Å². The van der Waals surface area contributed by atoms with Gasteiger partial charge in [-0.3, -0.25) is 0 Å². The Balaban J connectivity index is 1.77. The van der Waals surface area contributed by atoms with Crippen LogP contribution in [0.25, 0.3) is 0 Å². The molecule has 0 saturated heterocycles. The molecule has 1 aliphatic heterocycles. The lowest BCUT2D eigenvalue weighted by Crippen LogP contribution is -2.43. The van der Waals surface area contributed by atoms with E-state index in [2.05, 4.69) is 12.1 Å². The zero-order valence-electron chi connectivity index (χ0n) is 12.3. The van der Waals surface area contributed by atoms with Gasteiger partial charge in [0, 0.05) is 12.6 Å². The molecule has 0 saturated carbocycles. The van der Waals surface area contributed by atoms with Gasteiger partial charge in [0.15, 0.2) is 0 Å². The van der Waals surface area contributed by atoms with Crippen LogP contribution in [-0.2, 0) is 19.4 Å². The summed E-state index contributed by atoms with van der Waals surface area (Å²) in [4.78, 5) is 13.0. The fourth-order valence-corrected chi connectivity index (χ4v) is 3.09. The van der Waals surface area contributed by atoms with Crippen molar-refractivity contribution >= 4 is 6.09 Å². The van der Waals surface area contributed by atoms with Gasteiger partial charge in [-0.15, -0.1) is 0 Å². The molecule has 0 aromatic heterocycles. The molecule has 1 aliphatic rings. The lowest BCUT2D eigenvalue weighted by molar-refractivity contribution is 0.112. The maximum Gasteiger partial charge on any atom is 0.407 e. The number of phenolic OH excluding ortho intramolecular Hbond substituents is 1. The van der Waals surface area contributed by atoms with Crippen molar-refractivity contribution in [1.29, 1.82) is 0 Å². The Morgan fingerprint density at radius 1 is 1.14 bits per heavy atom. The van der Waals surface area contributed by atoms with Crippen LogP contribution in [0.2, 0.25) is 0 Å². The van der Waals surface area contributed by atoms with Crippen molar-refractivity contribution in [2.45, 2.75) is 31.8 Å². The summed E-state index contributed by atoms with van der Waals surface area (Å²) in [5, 5.41) is 19.1. The SMILES string of the molecule is O=C(O)N1Cc2ccc(O)cc2CC1CCc1ccccc1. The van der Waals surface area contributed by atoms with E-state index >= 15 is 0 Å². The Morgan fingerprint density at radius 3 is 2.64 bits per heavy atom. The van der Waals surface area contributed by atoms with Crippen molar-refractivity contribution in [1.82, 2.24) is 4.90 Å². The number of rotatable bonds is 3. The van der Waals surface area contributed by atoms with Crippen LogP contribution in [-0.4, -0.2) is 27.2 Å². The number of carbonyl (C=O) groups is 1. The molecule has 0 aliphatic carbocycles. The predicted molar refractivity (Wildman–Crippen MR) is 83.9 cm³/mol. The minimum absolute atomic E-state index is 0.0491. The highest BCUT2D eigenvalue weighted by molar-refractivity contribution is 5.66. The summed E-state index contributed by atoms with van der Waals surface area (Å²) < 4.78 is 0. The minimum atomic E-state index is -0.878. The molecule has 0 bridgehead atoms. The molecule has 2 N–H and O–H groups in total. The van der Waals surface area contributed by atoms with Crippen LogP contribution in [0.1, 0.15) is 23.1 Å². The van der Waals surface area contributed by atoms with Crippen molar-refractivity contribution in [3.8, 4) is 5.75 Å². The highest BCUT2D eigenvalue weighted by atomic mass is 16.4. The van der Waals surface area contributed by atoms with E-state index in [4.69, 9.17) is 0 Å².